The normalized spacial score (nSPS) is 11.8. The molecule has 0 aliphatic rings. The van der Waals surface area contributed by atoms with E-state index in [4.69, 9.17) is 9.57 Å². The molecule has 34 heavy (non-hydrogen) atoms. The number of carbonyl (C=O) groups is 1. The van der Waals surface area contributed by atoms with Crippen molar-refractivity contribution in [3.05, 3.63) is 78.0 Å². The highest BCUT2D eigenvalue weighted by molar-refractivity contribution is 7.98. The van der Waals surface area contributed by atoms with E-state index in [1.807, 2.05) is 19.1 Å². The molecule has 0 aliphatic carbocycles. The Hall–Kier alpha value is -3.16. The van der Waals surface area contributed by atoms with Crippen molar-refractivity contribution in [2.75, 3.05) is 12.9 Å². The van der Waals surface area contributed by atoms with Crippen molar-refractivity contribution in [2.24, 2.45) is 0 Å². The molecular weight excluding hydrogens is 448 g/mol. The Morgan fingerprint density at radius 2 is 1.88 bits per heavy atom. The summed E-state index contributed by atoms with van der Waals surface area (Å²) in [5, 5.41) is 9.21. The molecule has 0 saturated carbocycles. The number of hydroxylamine groups is 1. The average Bonchev–Trinajstić information content (AvgIpc) is 3.20. The summed E-state index contributed by atoms with van der Waals surface area (Å²) in [6.45, 7) is 11.0. The highest BCUT2D eigenvalue weighted by Gasteiger charge is 2.18. The fraction of sp³-hybridized carbons (Fsp3) is 0.296. The van der Waals surface area contributed by atoms with Crippen LogP contribution in [-0.4, -0.2) is 34.6 Å². The van der Waals surface area contributed by atoms with Crippen molar-refractivity contribution in [3.63, 3.8) is 0 Å². The number of nitrogens with one attached hydrogen (secondary N) is 1. The van der Waals surface area contributed by atoms with Crippen LogP contribution in [0.25, 0.3) is 17.0 Å². The van der Waals surface area contributed by atoms with Crippen LogP contribution in [0.1, 0.15) is 30.2 Å². The molecule has 0 spiro atoms. The zero-order valence-electron chi connectivity index (χ0n) is 20.1. The van der Waals surface area contributed by atoms with Gasteiger partial charge in [-0.25, -0.2) is 4.79 Å². The summed E-state index contributed by atoms with van der Waals surface area (Å²) < 4.78 is 7.85. The summed E-state index contributed by atoms with van der Waals surface area (Å²) in [7, 11) is 0. The SMILES string of the molecule is C=C(NOCCn1c(C)ccc1-c1ccc(SC)cc1)c1ccc(OC(CC)C(=O)O)c(C)c1. The largest absolute Gasteiger partial charge is 0.479 e. The zero-order chi connectivity index (χ0) is 24.7. The molecule has 3 rings (SSSR count). The maximum absolute atomic E-state index is 11.2. The number of aromatic nitrogens is 1. The van der Waals surface area contributed by atoms with E-state index in [1.165, 1.54) is 16.2 Å². The van der Waals surface area contributed by atoms with Gasteiger partial charge in [0.1, 0.15) is 5.75 Å². The number of carboxylic acid groups (broad SMARTS) is 1. The number of rotatable bonds is 12. The molecule has 1 atom stereocenters. The fourth-order valence-electron chi connectivity index (χ4n) is 3.65. The number of carboxylic acids is 1. The minimum atomic E-state index is -0.969. The van der Waals surface area contributed by atoms with Gasteiger partial charge < -0.3 is 14.4 Å². The first kappa shape index (κ1) is 25.5. The second kappa shape index (κ2) is 11.8. The first-order valence-corrected chi connectivity index (χ1v) is 12.4. The number of ether oxygens (including phenoxy) is 1. The van der Waals surface area contributed by atoms with Crippen molar-refractivity contribution in [1.29, 1.82) is 0 Å². The van der Waals surface area contributed by atoms with Crippen molar-refractivity contribution in [3.8, 4) is 17.0 Å². The Morgan fingerprint density at radius 1 is 1.15 bits per heavy atom. The molecule has 0 fully saturated rings. The number of hydrogen-bond donors (Lipinski definition) is 2. The van der Waals surface area contributed by atoms with E-state index in [9.17, 15) is 9.90 Å². The lowest BCUT2D eigenvalue weighted by Crippen LogP contribution is -2.26. The monoisotopic (exact) mass is 480 g/mol. The second-order valence-electron chi connectivity index (χ2n) is 8.00. The second-order valence-corrected chi connectivity index (χ2v) is 8.88. The van der Waals surface area contributed by atoms with Gasteiger partial charge in [-0.15, -0.1) is 11.8 Å². The van der Waals surface area contributed by atoms with Crippen LogP contribution in [0.15, 0.2) is 66.1 Å². The van der Waals surface area contributed by atoms with Crippen molar-refractivity contribution in [1.82, 2.24) is 10.0 Å². The number of benzene rings is 2. The predicted molar refractivity (Wildman–Crippen MR) is 138 cm³/mol. The van der Waals surface area contributed by atoms with Gasteiger partial charge in [0.25, 0.3) is 0 Å². The number of aryl methyl sites for hydroxylation is 2. The molecule has 1 heterocycles. The molecule has 6 nitrogen and oxygen atoms in total. The predicted octanol–water partition coefficient (Wildman–Crippen LogP) is 5.93. The summed E-state index contributed by atoms with van der Waals surface area (Å²) in [6, 6.07) is 18.3. The fourth-order valence-corrected chi connectivity index (χ4v) is 4.05. The Balaban J connectivity index is 1.56. The molecule has 1 unspecified atom stereocenters. The van der Waals surface area contributed by atoms with E-state index in [0.29, 0.717) is 31.0 Å². The molecule has 1 aromatic heterocycles. The molecule has 0 bridgehead atoms. The third-order valence-corrected chi connectivity index (χ3v) is 6.38. The number of nitrogens with zero attached hydrogens (tertiary/aromatic N) is 1. The average molecular weight is 481 g/mol. The molecule has 7 heteroatoms. The minimum Gasteiger partial charge on any atom is -0.479 e. The van der Waals surface area contributed by atoms with Crippen LogP contribution >= 0.6 is 11.8 Å². The van der Waals surface area contributed by atoms with Crippen molar-refractivity contribution in [2.45, 2.75) is 44.7 Å². The van der Waals surface area contributed by atoms with Gasteiger partial charge in [-0.2, -0.15) is 0 Å². The van der Waals surface area contributed by atoms with Crippen LogP contribution in [0.2, 0.25) is 0 Å². The summed E-state index contributed by atoms with van der Waals surface area (Å²) in [5.74, 6) is -0.420. The van der Waals surface area contributed by atoms with Gasteiger partial charge in [-0.3, -0.25) is 10.3 Å². The van der Waals surface area contributed by atoms with Crippen molar-refractivity contribution >= 4 is 23.4 Å². The maximum Gasteiger partial charge on any atom is 0.344 e. The van der Waals surface area contributed by atoms with E-state index in [2.05, 4.69) is 66.2 Å². The third kappa shape index (κ3) is 6.24. The van der Waals surface area contributed by atoms with Crippen LogP contribution in [0, 0.1) is 13.8 Å². The molecule has 2 aromatic carbocycles. The lowest BCUT2D eigenvalue weighted by molar-refractivity contribution is -0.145. The number of thioether (sulfide) groups is 1. The van der Waals surface area contributed by atoms with Gasteiger partial charge in [0.2, 0.25) is 0 Å². The molecule has 0 aliphatic heterocycles. The lowest BCUT2D eigenvalue weighted by atomic mass is 10.1. The van der Waals surface area contributed by atoms with E-state index in [-0.39, 0.29) is 0 Å². The number of aliphatic carboxylic acids is 1. The van der Waals surface area contributed by atoms with Crippen molar-refractivity contribution < 1.29 is 19.5 Å². The maximum atomic E-state index is 11.2. The highest BCUT2D eigenvalue weighted by atomic mass is 32.2. The molecule has 180 valence electrons. The van der Waals surface area contributed by atoms with Gasteiger partial charge in [-0.1, -0.05) is 25.6 Å². The Labute approximate surface area is 205 Å². The van der Waals surface area contributed by atoms with Crippen LogP contribution < -0.4 is 10.2 Å². The van der Waals surface area contributed by atoms with E-state index < -0.39 is 12.1 Å². The molecule has 3 aromatic rings. The number of hydrogen-bond acceptors (Lipinski definition) is 5. The van der Waals surface area contributed by atoms with Gasteiger partial charge in [0.05, 0.1) is 12.3 Å². The van der Waals surface area contributed by atoms with E-state index in [1.54, 1.807) is 24.8 Å². The smallest absolute Gasteiger partial charge is 0.344 e. The van der Waals surface area contributed by atoms with E-state index in [0.717, 1.165) is 16.8 Å². The Bertz CT molecular complexity index is 1140. The Kier molecular flexibility index (Phi) is 8.85. The lowest BCUT2D eigenvalue weighted by Gasteiger charge is -2.17. The third-order valence-electron chi connectivity index (χ3n) is 5.64. The van der Waals surface area contributed by atoms with Crippen LogP contribution in [0.5, 0.6) is 5.75 Å². The molecule has 0 saturated heterocycles. The highest BCUT2D eigenvalue weighted by Crippen LogP contribution is 2.26. The van der Waals surface area contributed by atoms with Crippen LogP contribution in [0.3, 0.4) is 0 Å². The van der Waals surface area contributed by atoms with Gasteiger partial charge in [0, 0.05) is 22.8 Å². The summed E-state index contributed by atoms with van der Waals surface area (Å²) in [4.78, 5) is 18.2. The van der Waals surface area contributed by atoms with Crippen LogP contribution in [0.4, 0.5) is 0 Å². The molecule has 0 amide bonds. The zero-order valence-corrected chi connectivity index (χ0v) is 20.9. The van der Waals surface area contributed by atoms with Gasteiger partial charge in [0.15, 0.2) is 6.10 Å². The van der Waals surface area contributed by atoms with Gasteiger partial charge in [-0.05, 0) is 85.7 Å². The standard InChI is InChI=1S/C27H32N2O4S/c1-6-25(27(30)31)33-26-14-10-22(17-18(26)2)20(4)28-32-16-15-29-19(3)7-13-24(29)21-8-11-23(34-5)12-9-21/h7-14,17,25,28H,4,6,15-16H2,1-3,5H3,(H,30,31). The quantitative estimate of drug-likeness (QED) is 0.190. The topological polar surface area (TPSA) is 72.7 Å². The molecule has 2 N–H and O–H groups in total. The first-order chi connectivity index (χ1) is 16.3. The Morgan fingerprint density at radius 3 is 2.50 bits per heavy atom. The molecule has 0 radical (unpaired) electrons. The van der Waals surface area contributed by atoms with Gasteiger partial charge >= 0.3 is 5.97 Å². The summed E-state index contributed by atoms with van der Waals surface area (Å²) in [6.07, 6.45) is 1.61. The minimum absolute atomic E-state index is 0.393. The summed E-state index contributed by atoms with van der Waals surface area (Å²) in [5.41, 5.74) is 8.73. The first-order valence-electron chi connectivity index (χ1n) is 11.2. The summed E-state index contributed by atoms with van der Waals surface area (Å²) >= 11 is 1.73. The molecular formula is C27H32N2O4S. The van der Waals surface area contributed by atoms with E-state index >= 15 is 0 Å². The van der Waals surface area contributed by atoms with Crippen LogP contribution in [-0.2, 0) is 16.2 Å².